The van der Waals surface area contributed by atoms with Crippen molar-refractivity contribution in [2.75, 3.05) is 19.4 Å². The summed E-state index contributed by atoms with van der Waals surface area (Å²) >= 11 is 0. The highest BCUT2D eigenvalue weighted by Crippen LogP contribution is 2.25. The molecule has 3 N–H and O–H groups in total. The maximum absolute atomic E-state index is 11.7. The molecule has 1 saturated carbocycles. The van der Waals surface area contributed by atoms with E-state index < -0.39 is 5.97 Å². The van der Waals surface area contributed by atoms with Crippen molar-refractivity contribution in [1.82, 2.24) is 4.90 Å². The SMILES string of the molecule is CN(C(=O)COc1ccc(C(=O)O)c(N)c1)C1CC1. The van der Waals surface area contributed by atoms with E-state index in [1.807, 2.05) is 0 Å². The second kappa shape index (κ2) is 5.17. The zero-order chi connectivity index (χ0) is 14.0. The van der Waals surface area contributed by atoms with Gasteiger partial charge in [-0.2, -0.15) is 0 Å². The van der Waals surface area contributed by atoms with Gasteiger partial charge in [-0.15, -0.1) is 0 Å². The number of carbonyl (C=O) groups excluding carboxylic acids is 1. The number of carboxylic acid groups (broad SMARTS) is 1. The molecule has 0 aliphatic heterocycles. The Balaban J connectivity index is 1.94. The monoisotopic (exact) mass is 264 g/mol. The first-order chi connectivity index (χ1) is 8.99. The molecule has 1 aromatic carbocycles. The molecule has 1 amide bonds. The van der Waals surface area contributed by atoms with E-state index in [9.17, 15) is 9.59 Å². The number of anilines is 1. The lowest BCUT2D eigenvalue weighted by atomic mass is 10.2. The zero-order valence-electron chi connectivity index (χ0n) is 10.6. The summed E-state index contributed by atoms with van der Waals surface area (Å²) in [6, 6.07) is 4.61. The summed E-state index contributed by atoms with van der Waals surface area (Å²) in [5.74, 6) is -0.794. The molecule has 1 aromatic rings. The Labute approximate surface area is 110 Å². The van der Waals surface area contributed by atoms with E-state index in [0.717, 1.165) is 12.8 Å². The van der Waals surface area contributed by atoms with Gasteiger partial charge in [0.1, 0.15) is 5.75 Å². The summed E-state index contributed by atoms with van der Waals surface area (Å²) in [6.45, 7) is -0.0706. The minimum atomic E-state index is -1.09. The van der Waals surface area contributed by atoms with Crippen molar-refractivity contribution in [2.45, 2.75) is 18.9 Å². The van der Waals surface area contributed by atoms with Crippen LogP contribution in [0.3, 0.4) is 0 Å². The molecule has 0 unspecified atom stereocenters. The van der Waals surface area contributed by atoms with Gasteiger partial charge in [0.25, 0.3) is 5.91 Å². The number of amides is 1. The van der Waals surface area contributed by atoms with Crippen LogP contribution >= 0.6 is 0 Å². The van der Waals surface area contributed by atoms with Gasteiger partial charge in [-0.05, 0) is 25.0 Å². The average molecular weight is 264 g/mol. The molecule has 0 radical (unpaired) electrons. The highest BCUT2D eigenvalue weighted by Gasteiger charge is 2.29. The lowest BCUT2D eigenvalue weighted by molar-refractivity contribution is -0.132. The van der Waals surface area contributed by atoms with Crippen LogP contribution in [0.4, 0.5) is 5.69 Å². The molecule has 0 saturated heterocycles. The van der Waals surface area contributed by atoms with Gasteiger partial charge < -0.3 is 20.5 Å². The number of hydrogen-bond acceptors (Lipinski definition) is 4. The van der Waals surface area contributed by atoms with Crippen LogP contribution in [0.1, 0.15) is 23.2 Å². The van der Waals surface area contributed by atoms with E-state index in [0.29, 0.717) is 11.8 Å². The van der Waals surface area contributed by atoms with Gasteiger partial charge in [-0.1, -0.05) is 0 Å². The standard InChI is InChI=1S/C13H16N2O4/c1-15(8-2-3-8)12(16)7-19-9-4-5-10(13(17)18)11(14)6-9/h4-6,8H,2-3,7,14H2,1H3,(H,17,18). The maximum atomic E-state index is 11.7. The van der Waals surface area contributed by atoms with Crippen molar-refractivity contribution in [3.8, 4) is 5.75 Å². The zero-order valence-corrected chi connectivity index (χ0v) is 10.6. The average Bonchev–Trinajstić information content (AvgIpc) is 3.18. The maximum Gasteiger partial charge on any atom is 0.337 e. The number of likely N-dealkylation sites (N-methyl/N-ethyl adjacent to an activating group) is 1. The number of ether oxygens (including phenoxy) is 1. The predicted octanol–water partition coefficient (Wildman–Crippen LogP) is 0.967. The van der Waals surface area contributed by atoms with Gasteiger partial charge in [-0.25, -0.2) is 4.79 Å². The van der Waals surface area contributed by atoms with E-state index >= 15 is 0 Å². The molecule has 0 aromatic heterocycles. The Morgan fingerprint density at radius 3 is 2.68 bits per heavy atom. The summed E-state index contributed by atoms with van der Waals surface area (Å²) in [5, 5.41) is 8.83. The summed E-state index contributed by atoms with van der Waals surface area (Å²) in [7, 11) is 1.76. The highest BCUT2D eigenvalue weighted by molar-refractivity contribution is 5.93. The second-order valence-corrected chi connectivity index (χ2v) is 4.58. The van der Waals surface area contributed by atoms with Crippen LogP contribution in [-0.2, 0) is 4.79 Å². The Hall–Kier alpha value is -2.24. The van der Waals surface area contributed by atoms with Crippen LogP contribution in [0.2, 0.25) is 0 Å². The Kier molecular flexibility index (Phi) is 3.59. The third-order valence-electron chi connectivity index (χ3n) is 3.10. The summed E-state index contributed by atoms with van der Waals surface area (Å²) in [6.07, 6.45) is 2.09. The molecule has 102 valence electrons. The lowest BCUT2D eigenvalue weighted by Gasteiger charge is -2.16. The Morgan fingerprint density at radius 2 is 2.16 bits per heavy atom. The van der Waals surface area contributed by atoms with Crippen molar-refractivity contribution in [3.63, 3.8) is 0 Å². The van der Waals surface area contributed by atoms with Crippen LogP contribution in [0.25, 0.3) is 0 Å². The normalized spacial score (nSPS) is 13.9. The third kappa shape index (κ3) is 3.15. The molecule has 1 aliphatic carbocycles. The van der Waals surface area contributed by atoms with Gasteiger partial charge in [0.15, 0.2) is 6.61 Å². The van der Waals surface area contributed by atoms with E-state index in [-0.39, 0.29) is 23.8 Å². The van der Waals surface area contributed by atoms with E-state index in [2.05, 4.69) is 0 Å². The number of nitrogens with two attached hydrogens (primary N) is 1. The highest BCUT2D eigenvalue weighted by atomic mass is 16.5. The van der Waals surface area contributed by atoms with E-state index in [4.69, 9.17) is 15.6 Å². The van der Waals surface area contributed by atoms with Gasteiger partial charge in [0.05, 0.1) is 5.56 Å². The fraction of sp³-hybridized carbons (Fsp3) is 0.385. The van der Waals surface area contributed by atoms with Gasteiger partial charge in [0.2, 0.25) is 0 Å². The second-order valence-electron chi connectivity index (χ2n) is 4.58. The van der Waals surface area contributed by atoms with Gasteiger partial charge >= 0.3 is 5.97 Å². The molecule has 1 aliphatic rings. The molecule has 6 nitrogen and oxygen atoms in total. The van der Waals surface area contributed by atoms with E-state index in [1.54, 1.807) is 11.9 Å². The Morgan fingerprint density at radius 1 is 1.47 bits per heavy atom. The van der Waals surface area contributed by atoms with Crippen molar-refractivity contribution < 1.29 is 19.4 Å². The summed E-state index contributed by atoms with van der Waals surface area (Å²) in [4.78, 5) is 24.2. The molecule has 6 heteroatoms. The molecule has 1 fully saturated rings. The lowest BCUT2D eigenvalue weighted by Crippen LogP contribution is -2.33. The largest absolute Gasteiger partial charge is 0.484 e. The van der Waals surface area contributed by atoms with Crippen LogP contribution in [0.5, 0.6) is 5.75 Å². The molecular weight excluding hydrogens is 248 g/mol. The van der Waals surface area contributed by atoms with Crippen LogP contribution in [0.15, 0.2) is 18.2 Å². The van der Waals surface area contributed by atoms with Crippen molar-refractivity contribution in [2.24, 2.45) is 0 Å². The fourth-order valence-corrected chi connectivity index (χ4v) is 1.74. The molecule has 0 atom stereocenters. The number of carbonyl (C=O) groups is 2. The minimum absolute atomic E-state index is 0.0220. The summed E-state index contributed by atoms with van der Waals surface area (Å²) in [5.41, 5.74) is 5.73. The van der Waals surface area contributed by atoms with E-state index in [1.165, 1.54) is 18.2 Å². The molecule has 0 bridgehead atoms. The van der Waals surface area contributed by atoms with Gasteiger partial charge in [0, 0.05) is 24.8 Å². The molecular formula is C13H16N2O4. The van der Waals surface area contributed by atoms with Crippen LogP contribution in [0, 0.1) is 0 Å². The minimum Gasteiger partial charge on any atom is -0.484 e. The smallest absolute Gasteiger partial charge is 0.337 e. The van der Waals surface area contributed by atoms with Crippen LogP contribution in [-0.4, -0.2) is 41.6 Å². The number of nitrogen functional groups attached to an aromatic ring is 1. The first-order valence-electron chi connectivity index (χ1n) is 6.00. The molecule has 19 heavy (non-hydrogen) atoms. The third-order valence-corrected chi connectivity index (χ3v) is 3.10. The number of carboxylic acids is 1. The van der Waals surface area contributed by atoms with Gasteiger partial charge in [-0.3, -0.25) is 4.79 Å². The number of rotatable bonds is 5. The number of aromatic carboxylic acids is 1. The first-order valence-corrected chi connectivity index (χ1v) is 6.00. The molecule has 0 heterocycles. The van der Waals surface area contributed by atoms with Crippen molar-refractivity contribution in [1.29, 1.82) is 0 Å². The summed E-state index contributed by atoms with van der Waals surface area (Å²) < 4.78 is 5.32. The molecule has 2 rings (SSSR count). The number of benzene rings is 1. The molecule has 0 spiro atoms. The van der Waals surface area contributed by atoms with Crippen molar-refractivity contribution in [3.05, 3.63) is 23.8 Å². The number of hydrogen-bond donors (Lipinski definition) is 2. The predicted molar refractivity (Wildman–Crippen MR) is 69.1 cm³/mol. The van der Waals surface area contributed by atoms with Crippen LogP contribution < -0.4 is 10.5 Å². The first kappa shape index (κ1) is 13.2. The van der Waals surface area contributed by atoms with Crippen molar-refractivity contribution >= 4 is 17.6 Å². The Bertz CT molecular complexity index is 511. The fourth-order valence-electron chi connectivity index (χ4n) is 1.74. The quantitative estimate of drug-likeness (QED) is 0.773. The number of nitrogens with zero attached hydrogens (tertiary/aromatic N) is 1. The topological polar surface area (TPSA) is 92.9 Å².